The van der Waals surface area contributed by atoms with Crippen LogP contribution >= 0.6 is 0 Å². The van der Waals surface area contributed by atoms with Crippen LogP contribution in [0.5, 0.6) is 5.75 Å². The van der Waals surface area contributed by atoms with Gasteiger partial charge in [0.15, 0.2) is 9.84 Å². The number of rotatable bonds is 9. The van der Waals surface area contributed by atoms with Gasteiger partial charge in [-0.05, 0) is 57.0 Å². The Morgan fingerprint density at radius 1 is 1.12 bits per heavy atom. The van der Waals surface area contributed by atoms with E-state index in [1.807, 2.05) is 13.8 Å². The summed E-state index contributed by atoms with van der Waals surface area (Å²) in [5.41, 5.74) is 0.906. The van der Waals surface area contributed by atoms with Gasteiger partial charge in [-0.1, -0.05) is 12.1 Å². The molecule has 7 nitrogen and oxygen atoms in total. The summed E-state index contributed by atoms with van der Waals surface area (Å²) in [4.78, 5) is 25.5. The van der Waals surface area contributed by atoms with Crippen LogP contribution in [0.15, 0.2) is 48.9 Å². The quantitative estimate of drug-likeness (QED) is 0.450. The maximum absolute atomic E-state index is 15.0. The summed E-state index contributed by atoms with van der Waals surface area (Å²) < 4.78 is 43.7. The number of carbonyl (C=O) groups excluding carboxylic acids is 1. The molecule has 0 saturated carbocycles. The zero-order valence-corrected chi connectivity index (χ0v) is 20.7. The summed E-state index contributed by atoms with van der Waals surface area (Å²) in [7, 11) is -3.32. The van der Waals surface area contributed by atoms with E-state index in [2.05, 4.69) is 15.0 Å². The Balaban J connectivity index is 1.81. The fraction of sp³-hybridized carbons (Fsp3) is 0.360. The number of ketones is 1. The van der Waals surface area contributed by atoms with Crippen LogP contribution in [0.4, 0.5) is 4.39 Å². The lowest BCUT2D eigenvalue weighted by Gasteiger charge is -2.23. The zero-order chi connectivity index (χ0) is 25.1. The lowest BCUT2D eigenvalue weighted by Crippen LogP contribution is -2.32. The number of ether oxygens (including phenoxy) is 1. The van der Waals surface area contributed by atoms with Crippen molar-refractivity contribution >= 4 is 15.6 Å². The second-order valence-corrected chi connectivity index (χ2v) is 11.2. The number of aromatic nitrogens is 3. The van der Waals surface area contributed by atoms with Crippen molar-refractivity contribution in [2.24, 2.45) is 0 Å². The Kier molecular flexibility index (Phi) is 7.45. The molecule has 0 amide bonds. The first-order valence-electron chi connectivity index (χ1n) is 10.8. The highest BCUT2D eigenvalue weighted by molar-refractivity contribution is 7.89. The Morgan fingerprint density at radius 2 is 1.85 bits per heavy atom. The fourth-order valence-corrected chi connectivity index (χ4v) is 3.98. The van der Waals surface area contributed by atoms with Gasteiger partial charge < -0.3 is 4.74 Å². The number of carbonyl (C=O) groups is 1. The number of hydrogen-bond acceptors (Lipinski definition) is 7. The molecule has 9 heteroatoms. The van der Waals surface area contributed by atoms with Crippen LogP contribution in [0.2, 0.25) is 0 Å². The first-order valence-corrected chi connectivity index (χ1v) is 12.8. The molecule has 0 fully saturated rings. The minimum Gasteiger partial charge on any atom is -0.489 e. The molecule has 180 valence electrons. The summed E-state index contributed by atoms with van der Waals surface area (Å²) in [6.45, 7) is 7.18. The maximum Gasteiger partial charge on any atom is 0.154 e. The Hall–Kier alpha value is -3.20. The van der Waals surface area contributed by atoms with E-state index in [-0.39, 0.29) is 35.4 Å². The van der Waals surface area contributed by atoms with Crippen molar-refractivity contribution in [2.45, 2.75) is 51.4 Å². The van der Waals surface area contributed by atoms with E-state index in [4.69, 9.17) is 4.74 Å². The maximum atomic E-state index is 15.0. The molecule has 2 heterocycles. The van der Waals surface area contributed by atoms with Crippen LogP contribution in [0.25, 0.3) is 11.1 Å². The standard InChI is InChI=1S/C25H28FN3O4S/c1-16(2)33-20-10-19(13-27-14-20)17-6-7-18(21(26)11-17)12-23(30)25(3,4)22-8-9-28-24(29-22)15-34(5,31)32/h6-11,13-14,16H,12,15H2,1-5H3. The van der Waals surface area contributed by atoms with Crippen LogP contribution in [0.3, 0.4) is 0 Å². The topological polar surface area (TPSA) is 99.1 Å². The van der Waals surface area contributed by atoms with Crippen molar-refractivity contribution in [3.8, 4) is 16.9 Å². The monoisotopic (exact) mass is 485 g/mol. The number of Topliss-reactive ketones (excluding diaryl/α,β-unsaturated/α-hetero) is 1. The van der Waals surface area contributed by atoms with E-state index in [0.717, 1.165) is 6.26 Å². The van der Waals surface area contributed by atoms with Crippen molar-refractivity contribution in [1.29, 1.82) is 0 Å². The Bertz CT molecular complexity index is 1310. The molecule has 0 aliphatic rings. The van der Waals surface area contributed by atoms with Gasteiger partial charge >= 0.3 is 0 Å². The minimum absolute atomic E-state index is 0.0112. The van der Waals surface area contributed by atoms with Gasteiger partial charge in [0, 0.05) is 30.6 Å². The van der Waals surface area contributed by atoms with Gasteiger partial charge in [-0.3, -0.25) is 9.78 Å². The summed E-state index contributed by atoms with van der Waals surface area (Å²) in [6, 6.07) is 8.06. The average molecular weight is 486 g/mol. The third kappa shape index (κ3) is 6.44. The van der Waals surface area contributed by atoms with E-state index in [0.29, 0.717) is 22.6 Å². The second-order valence-electron chi connectivity index (χ2n) is 9.04. The minimum atomic E-state index is -3.32. The molecule has 0 spiro atoms. The molecular weight excluding hydrogens is 457 g/mol. The Morgan fingerprint density at radius 3 is 2.50 bits per heavy atom. The molecular formula is C25H28FN3O4S. The van der Waals surface area contributed by atoms with Crippen LogP contribution in [-0.4, -0.2) is 41.5 Å². The molecule has 0 saturated heterocycles. The summed E-state index contributed by atoms with van der Waals surface area (Å²) in [5.74, 6) is -0.364. The van der Waals surface area contributed by atoms with Gasteiger partial charge in [0.25, 0.3) is 0 Å². The van der Waals surface area contributed by atoms with Crippen LogP contribution in [0.1, 0.15) is 44.8 Å². The number of hydrogen-bond donors (Lipinski definition) is 0. The fourth-order valence-electron chi connectivity index (χ4n) is 3.37. The van der Waals surface area contributed by atoms with Gasteiger partial charge in [0.05, 0.1) is 23.4 Å². The predicted octanol–water partition coefficient (Wildman–Crippen LogP) is 4.10. The molecule has 0 N–H and O–H groups in total. The van der Waals surface area contributed by atoms with Crippen LogP contribution < -0.4 is 4.74 Å². The van der Waals surface area contributed by atoms with Gasteiger partial charge in [-0.25, -0.2) is 22.8 Å². The summed E-state index contributed by atoms with van der Waals surface area (Å²) in [5, 5.41) is 0. The van der Waals surface area contributed by atoms with Crippen LogP contribution in [0, 0.1) is 5.82 Å². The molecule has 0 unspecified atom stereocenters. The molecule has 1 aromatic carbocycles. The average Bonchev–Trinajstić information content (AvgIpc) is 2.73. The van der Waals surface area contributed by atoms with E-state index in [1.54, 1.807) is 50.5 Å². The highest BCUT2D eigenvalue weighted by Crippen LogP contribution is 2.28. The normalized spacial score (nSPS) is 12.1. The molecule has 0 aliphatic carbocycles. The predicted molar refractivity (Wildman–Crippen MR) is 128 cm³/mol. The molecule has 3 rings (SSSR count). The molecule has 3 aromatic rings. The molecule has 34 heavy (non-hydrogen) atoms. The first kappa shape index (κ1) is 25.4. The van der Waals surface area contributed by atoms with Gasteiger partial charge in [-0.15, -0.1) is 0 Å². The Labute approximate surface area is 199 Å². The van der Waals surface area contributed by atoms with Crippen molar-refractivity contribution in [1.82, 2.24) is 15.0 Å². The van der Waals surface area contributed by atoms with E-state index in [1.165, 1.54) is 12.3 Å². The van der Waals surface area contributed by atoms with Crippen molar-refractivity contribution < 1.29 is 22.3 Å². The largest absolute Gasteiger partial charge is 0.489 e. The van der Waals surface area contributed by atoms with E-state index < -0.39 is 21.1 Å². The molecule has 0 bridgehead atoms. The van der Waals surface area contributed by atoms with Gasteiger partial charge in [0.2, 0.25) is 0 Å². The number of sulfone groups is 1. The lowest BCUT2D eigenvalue weighted by molar-refractivity contribution is -0.123. The summed E-state index contributed by atoms with van der Waals surface area (Å²) >= 11 is 0. The first-order chi connectivity index (χ1) is 15.8. The molecule has 2 aromatic heterocycles. The number of halogens is 1. The number of benzene rings is 1. The van der Waals surface area contributed by atoms with Gasteiger partial charge in [-0.2, -0.15) is 0 Å². The van der Waals surface area contributed by atoms with E-state index in [9.17, 15) is 17.6 Å². The SMILES string of the molecule is CC(C)Oc1cncc(-c2ccc(CC(=O)C(C)(C)c3ccnc(CS(C)(=O)=O)n3)c(F)c2)c1. The third-order valence-electron chi connectivity index (χ3n) is 5.26. The smallest absolute Gasteiger partial charge is 0.154 e. The molecule has 0 atom stereocenters. The molecule has 0 aliphatic heterocycles. The second kappa shape index (κ2) is 9.97. The van der Waals surface area contributed by atoms with E-state index >= 15 is 0 Å². The zero-order valence-electron chi connectivity index (χ0n) is 19.9. The van der Waals surface area contributed by atoms with Gasteiger partial charge in [0.1, 0.15) is 28.9 Å². The highest BCUT2D eigenvalue weighted by Gasteiger charge is 2.32. The summed E-state index contributed by atoms with van der Waals surface area (Å²) in [6.07, 6.45) is 5.60. The van der Waals surface area contributed by atoms with Crippen molar-refractivity contribution in [2.75, 3.05) is 6.26 Å². The third-order valence-corrected chi connectivity index (χ3v) is 6.04. The van der Waals surface area contributed by atoms with Crippen molar-refractivity contribution in [3.63, 3.8) is 0 Å². The number of nitrogens with zero attached hydrogens (tertiary/aromatic N) is 3. The molecule has 0 radical (unpaired) electrons. The number of pyridine rings is 1. The van der Waals surface area contributed by atoms with Crippen LogP contribution in [-0.2, 0) is 32.2 Å². The highest BCUT2D eigenvalue weighted by atomic mass is 32.2. The van der Waals surface area contributed by atoms with Crippen molar-refractivity contribution in [3.05, 3.63) is 71.8 Å². The lowest BCUT2D eigenvalue weighted by atomic mass is 9.81.